The fraction of sp³-hybridized carbons (Fsp3) is 0.400. The second kappa shape index (κ2) is 2.39. The van der Waals surface area contributed by atoms with Crippen LogP contribution in [0.1, 0.15) is 0 Å². The van der Waals surface area contributed by atoms with Crippen molar-refractivity contribution in [1.82, 2.24) is 0 Å². The molecule has 0 aromatic rings. The molecule has 0 aromatic carbocycles. The zero-order valence-electron chi connectivity index (χ0n) is 3.92. The Bertz CT molecular complexity index is 84.3. The highest BCUT2D eigenvalue weighted by molar-refractivity contribution is 5.70. The molecule has 0 saturated carbocycles. The summed E-state index contributed by atoms with van der Waals surface area (Å²) < 4.78 is 4.86. The normalized spacial score (nSPS) is 18.3. The molecule has 0 aliphatic carbocycles. The number of rotatable bonds is 0. The molecule has 1 rings (SSSR count). The Balaban J connectivity index is 2.39. The zero-order valence-corrected chi connectivity index (χ0v) is 3.92. The van der Waals surface area contributed by atoms with Crippen LogP contribution in [0.5, 0.6) is 0 Å². The molecule has 1 aliphatic heterocycles. The van der Waals surface area contributed by atoms with Gasteiger partial charge in [-0.05, 0) is 0 Å². The standard InChI is InChI=1S/C5H6NO/c1-2-6-3-5-7-4-1/h1,4H,3,5H2. The molecule has 0 fully saturated rings. The van der Waals surface area contributed by atoms with Crippen molar-refractivity contribution in [2.75, 3.05) is 13.2 Å². The molecular formula is C5H6NO. The van der Waals surface area contributed by atoms with Gasteiger partial charge in [-0.15, -0.1) is 0 Å². The second-order valence-electron chi connectivity index (χ2n) is 1.18. The molecule has 0 spiro atoms. The lowest BCUT2D eigenvalue weighted by Gasteiger charge is -1.89. The number of hydrogen-bond acceptors (Lipinski definition) is 2. The number of aliphatic imine (C=N–C) groups is 1. The minimum absolute atomic E-state index is 0.684. The van der Waals surface area contributed by atoms with E-state index in [0.717, 1.165) is 6.54 Å². The Kier molecular flexibility index (Phi) is 1.50. The van der Waals surface area contributed by atoms with Gasteiger partial charge in [-0.1, -0.05) is 0 Å². The Morgan fingerprint density at radius 1 is 1.71 bits per heavy atom. The van der Waals surface area contributed by atoms with Gasteiger partial charge in [0.25, 0.3) is 0 Å². The van der Waals surface area contributed by atoms with Gasteiger partial charge in [0, 0.05) is 6.08 Å². The highest BCUT2D eigenvalue weighted by atomic mass is 16.5. The average Bonchev–Trinajstić information content (AvgIpc) is 1.90. The predicted octanol–water partition coefficient (Wildman–Crippen LogP) is 0.478. The largest absolute Gasteiger partial charge is 0.499 e. The van der Waals surface area contributed by atoms with Crippen molar-refractivity contribution >= 4 is 6.21 Å². The summed E-state index contributed by atoms with van der Waals surface area (Å²) in [4.78, 5) is 3.81. The summed E-state index contributed by atoms with van der Waals surface area (Å²) in [7, 11) is 0. The van der Waals surface area contributed by atoms with Crippen LogP contribution in [0, 0.1) is 0 Å². The van der Waals surface area contributed by atoms with Crippen LogP contribution in [0.2, 0.25) is 0 Å². The van der Waals surface area contributed by atoms with E-state index in [1.165, 1.54) is 0 Å². The third-order valence-electron chi connectivity index (χ3n) is 0.651. The van der Waals surface area contributed by atoms with Crippen molar-refractivity contribution in [2.24, 2.45) is 4.99 Å². The molecule has 0 aromatic heterocycles. The van der Waals surface area contributed by atoms with Gasteiger partial charge < -0.3 is 4.74 Å². The molecular weight excluding hydrogens is 90.1 g/mol. The highest BCUT2D eigenvalue weighted by Crippen LogP contribution is 1.81. The van der Waals surface area contributed by atoms with Gasteiger partial charge in [0.2, 0.25) is 0 Å². The monoisotopic (exact) mass is 96.0 g/mol. The van der Waals surface area contributed by atoms with Crippen molar-refractivity contribution in [3.8, 4) is 0 Å². The topological polar surface area (TPSA) is 21.6 Å². The number of hydrogen-bond donors (Lipinski definition) is 0. The van der Waals surface area contributed by atoms with Crippen LogP contribution < -0.4 is 0 Å². The molecule has 0 atom stereocenters. The summed E-state index contributed by atoms with van der Waals surface area (Å²) in [6.45, 7) is 1.41. The summed E-state index contributed by atoms with van der Waals surface area (Å²) in [6.07, 6.45) is 5.92. The first kappa shape index (κ1) is 4.37. The Labute approximate surface area is 42.5 Å². The average molecular weight is 96.1 g/mol. The smallest absolute Gasteiger partial charge is 0.107 e. The molecule has 2 nitrogen and oxygen atoms in total. The molecule has 37 valence electrons. The fourth-order valence-electron chi connectivity index (χ4n) is 0.362. The molecule has 2 heteroatoms. The number of nitrogens with zero attached hydrogens (tertiary/aromatic N) is 1. The quantitative estimate of drug-likeness (QED) is 0.429. The van der Waals surface area contributed by atoms with Crippen molar-refractivity contribution in [1.29, 1.82) is 0 Å². The third kappa shape index (κ3) is 1.39. The minimum Gasteiger partial charge on any atom is -0.499 e. The van der Waals surface area contributed by atoms with Crippen LogP contribution in [0.25, 0.3) is 0 Å². The first-order valence-corrected chi connectivity index (χ1v) is 2.19. The van der Waals surface area contributed by atoms with E-state index in [-0.39, 0.29) is 0 Å². The van der Waals surface area contributed by atoms with E-state index in [1.807, 2.05) is 0 Å². The third-order valence-corrected chi connectivity index (χ3v) is 0.651. The lowest BCUT2D eigenvalue weighted by atomic mass is 10.7. The zero-order chi connectivity index (χ0) is 4.95. The Hall–Kier alpha value is -0.790. The molecule has 0 amide bonds. The van der Waals surface area contributed by atoms with E-state index in [0.29, 0.717) is 6.61 Å². The van der Waals surface area contributed by atoms with E-state index in [9.17, 15) is 0 Å². The maximum atomic E-state index is 4.86. The molecule has 0 N–H and O–H groups in total. The summed E-state index contributed by atoms with van der Waals surface area (Å²) in [5, 5.41) is 0. The van der Waals surface area contributed by atoms with E-state index in [4.69, 9.17) is 4.74 Å². The van der Waals surface area contributed by atoms with Crippen molar-refractivity contribution < 1.29 is 4.74 Å². The summed E-state index contributed by atoms with van der Waals surface area (Å²) >= 11 is 0. The molecule has 1 aliphatic rings. The summed E-state index contributed by atoms with van der Waals surface area (Å²) in [5.41, 5.74) is 0. The Morgan fingerprint density at radius 2 is 2.71 bits per heavy atom. The van der Waals surface area contributed by atoms with Crippen LogP contribution in [0.3, 0.4) is 0 Å². The Morgan fingerprint density at radius 3 is 3.71 bits per heavy atom. The molecule has 1 heterocycles. The van der Waals surface area contributed by atoms with Crippen molar-refractivity contribution in [3.63, 3.8) is 0 Å². The van der Waals surface area contributed by atoms with E-state index >= 15 is 0 Å². The van der Waals surface area contributed by atoms with E-state index in [2.05, 4.69) is 11.2 Å². The van der Waals surface area contributed by atoms with Gasteiger partial charge in [0.1, 0.15) is 6.61 Å². The highest BCUT2D eigenvalue weighted by Gasteiger charge is 1.81. The lowest BCUT2D eigenvalue weighted by molar-refractivity contribution is 0.262. The van der Waals surface area contributed by atoms with Crippen molar-refractivity contribution in [2.45, 2.75) is 0 Å². The SMILES string of the molecule is [C]1=NCCOC=C1. The maximum Gasteiger partial charge on any atom is 0.107 e. The van der Waals surface area contributed by atoms with Gasteiger partial charge >= 0.3 is 0 Å². The first-order chi connectivity index (χ1) is 3.50. The maximum absolute atomic E-state index is 4.86. The molecule has 7 heavy (non-hydrogen) atoms. The van der Waals surface area contributed by atoms with Gasteiger partial charge in [-0.3, -0.25) is 4.99 Å². The molecule has 0 saturated heterocycles. The van der Waals surface area contributed by atoms with Crippen LogP contribution >= 0.6 is 0 Å². The number of ether oxygens (including phenoxy) is 1. The molecule has 1 radical (unpaired) electrons. The van der Waals surface area contributed by atoms with E-state index in [1.54, 1.807) is 12.3 Å². The van der Waals surface area contributed by atoms with Crippen LogP contribution in [-0.4, -0.2) is 19.4 Å². The number of allylic oxidation sites excluding steroid dienone is 1. The minimum atomic E-state index is 0.684. The molecule has 0 bridgehead atoms. The van der Waals surface area contributed by atoms with Crippen LogP contribution in [-0.2, 0) is 4.74 Å². The van der Waals surface area contributed by atoms with Gasteiger partial charge in [0.05, 0.1) is 19.0 Å². The molecule has 0 unspecified atom stereocenters. The van der Waals surface area contributed by atoms with Crippen molar-refractivity contribution in [3.05, 3.63) is 12.3 Å². The van der Waals surface area contributed by atoms with Gasteiger partial charge in [0.15, 0.2) is 0 Å². The van der Waals surface area contributed by atoms with Crippen LogP contribution in [0.15, 0.2) is 17.3 Å². The van der Waals surface area contributed by atoms with Crippen LogP contribution in [0.4, 0.5) is 0 Å². The predicted molar refractivity (Wildman–Crippen MR) is 27.4 cm³/mol. The summed E-state index contributed by atoms with van der Waals surface area (Å²) in [5.74, 6) is 0. The summed E-state index contributed by atoms with van der Waals surface area (Å²) in [6, 6.07) is 0. The fourth-order valence-corrected chi connectivity index (χ4v) is 0.362. The second-order valence-corrected chi connectivity index (χ2v) is 1.18. The van der Waals surface area contributed by atoms with E-state index < -0.39 is 0 Å². The van der Waals surface area contributed by atoms with Gasteiger partial charge in [-0.25, -0.2) is 0 Å². The van der Waals surface area contributed by atoms with Gasteiger partial charge in [-0.2, -0.15) is 0 Å². The lowest BCUT2D eigenvalue weighted by Crippen LogP contribution is -1.87. The first-order valence-electron chi connectivity index (χ1n) is 2.19.